The molecule has 0 saturated carbocycles. The van der Waals surface area contributed by atoms with Gasteiger partial charge in [0, 0.05) is 34.4 Å². The normalized spacial score (nSPS) is 11.2. The number of nitrogens with one attached hydrogen (secondary N) is 1. The van der Waals surface area contributed by atoms with Crippen molar-refractivity contribution < 1.29 is 0 Å². The number of rotatable bonds is 8. The predicted molar refractivity (Wildman–Crippen MR) is 92.9 cm³/mol. The van der Waals surface area contributed by atoms with Crippen molar-refractivity contribution >= 4 is 22.9 Å². The van der Waals surface area contributed by atoms with E-state index in [2.05, 4.69) is 42.4 Å². The van der Waals surface area contributed by atoms with E-state index in [4.69, 9.17) is 11.6 Å². The van der Waals surface area contributed by atoms with Crippen molar-refractivity contribution in [1.82, 2.24) is 10.2 Å². The van der Waals surface area contributed by atoms with Gasteiger partial charge >= 0.3 is 0 Å². The Morgan fingerprint density at radius 1 is 1.14 bits per heavy atom. The van der Waals surface area contributed by atoms with E-state index in [0.717, 1.165) is 31.2 Å². The number of hydrogen-bond donors (Lipinski definition) is 1. The molecule has 0 spiro atoms. The van der Waals surface area contributed by atoms with Crippen LogP contribution in [0.5, 0.6) is 0 Å². The Bertz CT molecular complexity index is 553. The van der Waals surface area contributed by atoms with Gasteiger partial charge in [-0.2, -0.15) is 0 Å². The number of benzene rings is 1. The quantitative estimate of drug-likeness (QED) is 0.718. The molecule has 1 aromatic carbocycles. The highest BCUT2D eigenvalue weighted by molar-refractivity contribution is 7.11. The maximum Gasteiger partial charge on any atom is 0.0409 e. The molecule has 0 fully saturated rings. The molecule has 2 rings (SSSR count). The molecule has 1 heterocycles. The van der Waals surface area contributed by atoms with Crippen LogP contribution in [0.15, 0.2) is 36.4 Å². The lowest BCUT2D eigenvalue weighted by atomic mass is 10.2. The Balaban J connectivity index is 1.83. The highest BCUT2D eigenvalue weighted by Crippen LogP contribution is 2.19. The summed E-state index contributed by atoms with van der Waals surface area (Å²) in [5.41, 5.74) is 1.26. The van der Waals surface area contributed by atoms with Gasteiger partial charge in [0.1, 0.15) is 0 Å². The smallest absolute Gasteiger partial charge is 0.0409 e. The Morgan fingerprint density at radius 2 is 1.95 bits per heavy atom. The monoisotopic (exact) mass is 322 g/mol. The third-order valence-electron chi connectivity index (χ3n) is 3.21. The zero-order valence-corrected chi connectivity index (χ0v) is 14.3. The highest BCUT2D eigenvalue weighted by Gasteiger charge is 2.05. The molecule has 2 nitrogen and oxygen atoms in total. The summed E-state index contributed by atoms with van der Waals surface area (Å²) in [5, 5.41) is 4.25. The van der Waals surface area contributed by atoms with E-state index < -0.39 is 0 Å². The van der Waals surface area contributed by atoms with Gasteiger partial charge in [-0.1, -0.05) is 30.7 Å². The summed E-state index contributed by atoms with van der Waals surface area (Å²) in [6.07, 6.45) is 1.18. The lowest BCUT2D eigenvalue weighted by Crippen LogP contribution is -2.16. The highest BCUT2D eigenvalue weighted by atomic mass is 35.5. The van der Waals surface area contributed by atoms with Gasteiger partial charge in [0.05, 0.1) is 0 Å². The van der Waals surface area contributed by atoms with Crippen molar-refractivity contribution in [3.8, 4) is 0 Å². The Morgan fingerprint density at radius 3 is 2.71 bits per heavy atom. The fourth-order valence-corrected chi connectivity index (χ4v) is 3.54. The summed E-state index contributed by atoms with van der Waals surface area (Å²) in [6.45, 7) is 6.16. The zero-order chi connectivity index (χ0) is 15.1. The van der Waals surface area contributed by atoms with Crippen LogP contribution >= 0.6 is 22.9 Å². The molecule has 0 atom stereocenters. The molecule has 2 aromatic rings. The fourth-order valence-electron chi connectivity index (χ4n) is 2.26. The molecule has 0 saturated heterocycles. The van der Waals surface area contributed by atoms with Crippen molar-refractivity contribution in [2.75, 3.05) is 13.6 Å². The minimum Gasteiger partial charge on any atom is -0.312 e. The zero-order valence-electron chi connectivity index (χ0n) is 12.7. The van der Waals surface area contributed by atoms with Crippen molar-refractivity contribution in [2.45, 2.75) is 33.0 Å². The Hall–Kier alpha value is -0.870. The molecule has 0 amide bonds. The molecule has 0 bridgehead atoms. The first-order valence-corrected chi connectivity index (χ1v) is 8.58. The largest absolute Gasteiger partial charge is 0.312 e. The van der Waals surface area contributed by atoms with Crippen molar-refractivity contribution in [3.05, 3.63) is 56.7 Å². The SMILES string of the molecule is CCCNCc1ccc(CN(C)Cc2cccc(Cl)c2)s1. The second-order valence-electron chi connectivity index (χ2n) is 5.35. The average molecular weight is 323 g/mol. The molecule has 0 aliphatic carbocycles. The van der Waals surface area contributed by atoms with Crippen LogP contribution in [0.3, 0.4) is 0 Å². The second-order valence-corrected chi connectivity index (χ2v) is 7.04. The van der Waals surface area contributed by atoms with Crippen molar-refractivity contribution in [3.63, 3.8) is 0 Å². The standard InChI is InChI=1S/C17H23ClN2S/c1-3-9-19-11-16-7-8-17(21-16)13-20(2)12-14-5-4-6-15(18)10-14/h4-8,10,19H,3,9,11-13H2,1-2H3. The van der Waals surface area contributed by atoms with E-state index >= 15 is 0 Å². The maximum absolute atomic E-state index is 6.03. The van der Waals surface area contributed by atoms with E-state index in [1.807, 2.05) is 29.5 Å². The van der Waals surface area contributed by atoms with E-state index in [-0.39, 0.29) is 0 Å². The second kappa shape index (κ2) is 8.54. The Labute approximate surface area is 136 Å². The van der Waals surface area contributed by atoms with Gasteiger partial charge in [-0.15, -0.1) is 11.3 Å². The number of halogens is 1. The summed E-state index contributed by atoms with van der Waals surface area (Å²) < 4.78 is 0. The molecule has 0 aliphatic rings. The van der Waals surface area contributed by atoms with Gasteiger partial charge in [-0.05, 0) is 49.8 Å². The first-order chi connectivity index (χ1) is 10.2. The van der Waals surface area contributed by atoms with Crippen LogP contribution in [0.2, 0.25) is 5.02 Å². The predicted octanol–water partition coefficient (Wildman–Crippen LogP) is 4.53. The molecule has 1 aromatic heterocycles. The van der Waals surface area contributed by atoms with Crippen molar-refractivity contribution in [1.29, 1.82) is 0 Å². The minimum absolute atomic E-state index is 0.807. The van der Waals surface area contributed by atoms with Crippen LogP contribution in [-0.2, 0) is 19.6 Å². The first kappa shape index (κ1) is 16.5. The van der Waals surface area contributed by atoms with Crippen LogP contribution in [0.1, 0.15) is 28.7 Å². The van der Waals surface area contributed by atoms with Gasteiger partial charge in [0.15, 0.2) is 0 Å². The van der Waals surface area contributed by atoms with Crippen LogP contribution in [0.4, 0.5) is 0 Å². The van der Waals surface area contributed by atoms with Gasteiger partial charge in [-0.3, -0.25) is 4.90 Å². The number of hydrogen-bond acceptors (Lipinski definition) is 3. The van der Waals surface area contributed by atoms with Gasteiger partial charge in [0.2, 0.25) is 0 Å². The summed E-state index contributed by atoms with van der Waals surface area (Å²) in [7, 11) is 2.15. The van der Waals surface area contributed by atoms with Crippen LogP contribution in [0.25, 0.3) is 0 Å². The summed E-state index contributed by atoms with van der Waals surface area (Å²) in [4.78, 5) is 5.14. The molecule has 0 unspecified atom stereocenters. The van der Waals surface area contributed by atoms with E-state index in [1.165, 1.54) is 21.7 Å². The van der Waals surface area contributed by atoms with Gasteiger partial charge < -0.3 is 5.32 Å². The van der Waals surface area contributed by atoms with Gasteiger partial charge in [-0.25, -0.2) is 0 Å². The summed E-state index contributed by atoms with van der Waals surface area (Å²) in [6, 6.07) is 12.6. The molecule has 114 valence electrons. The van der Waals surface area contributed by atoms with E-state index in [9.17, 15) is 0 Å². The fraction of sp³-hybridized carbons (Fsp3) is 0.412. The summed E-state index contributed by atoms with van der Waals surface area (Å²) >= 11 is 7.92. The third-order valence-corrected chi connectivity index (χ3v) is 4.52. The maximum atomic E-state index is 6.03. The molecule has 21 heavy (non-hydrogen) atoms. The molecular formula is C17H23ClN2S. The first-order valence-electron chi connectivity index (χ1n) is 7.38. The summed E-state index contributed by atoms with van der Waals surface area (Å²) in [5.74, 6) is 0. The van der Waals surface area contributed by atoms with Crippen molar-refractivity contribution in [2.24, 2.45) is 0 Å². The van der Waals surface area contributed by atoms with E-state index in [0.29, 0.717) is 0 Å². The lowest BCUT2D eigenvalue weighted by molar-refractivity contribution is 0.322. The van der Waals surface area contributed by atoms with Crippen LogP contribution in [0, 0.1) is 0 Å². The number of thiophene rings is 1. The Kier molecular flexibility index (Phi) is 6.71. The third kappa shape index (κ3) is 5.79. The topological polar surface area (TPSA) is 15.3 Å². The minimum atomic E-state index is 0.807. The molecule has 0 radical (unpaired) electrons. The molecule has 1 N–H and O–H groups in total. The van der Waals surface area contributed by atoms with Crippen LogP contribution < -0.4 is 5.32 Å². The average Bonchev–Trinajstić information content (AvgIpc) is 2.86. The molecule has 0 aliphatic heterocycles. The van der Waals surface area contributed by atoms with E-state index in [1.54, 1.807) is 0 Å². The number of nitrogens with zero attached hydrogens (tertiary/aromatic N) is 1. The van der Waals surface area contributed by atoms with Crippen LogP contribution in [-0.4, -0.2) is 18.5 Å². The molecular weight excluding hydrogens is 300 g/mol. The van der Waals surface area contributed by atoms with Gasteiger partial charge in [0.25, 0.3) is 0 Å². The molecule has 4 heteroatoms. The lowest BCUT2D eigenvalue weighted by Gasteiger charge is -2.15.